The van der Waals surface area contributed by atoms with Gasteiger partial charge in [0, 0.05) is 38.5 Å². The van der Waals surface area contributed by atoms with E-state index in [0.717, 1.165) is 38.2 Å². The molecule has 1 heterocycles. The van der Waals surface area contributed by atoms with Gasteiger partial charge in [-0.2, -0.15) is 0 Å². The minimum atomic E-state index is -0.441. The standard InChI is InChI=1S/C24H32N2O2/c1-19-18-25(16-14-21-10-6-4-7-11-21)17-15-23(19)26(24(27)20(2)28-3)22-12-8-5-9-13-22/h4-13,19-20,23H,14-18H2,1-3H3/t19-,20?,23?/m0/s1. The van der Waals surface area contributed by atoms with Crippen LogP contribution in [0, 0.1) is 5.92 Å². The Morgan fingerprint density at radius 3 is 2.39 bits per heavy atom. The minimum absolute atomic E-state index is 0.0447. The molecule has 4 heteroatoms. The van der Waals surface area contributed by atoms with Crippen molar-refractivity contribution in [2.24, 2.45) is 5.92 Å². The molecule has 0 aromatic heterocycles. The predicted molar refractivity (Wildman–Crippen MR) is 115 cm³/mol. The van der Waals surface area contributed by atoms with Gasteiger partial charge >= 0.3 is 0 Å². The molecule has 1 aliphatic rings. The number of benzene rings is 2. The van der Waals surface area contributed by atoms with Gasteiger partial charge in [0.05, 0.1) is 0 Å². The monoisotopic (exact) mass is 380 g/mol. The summed E-state index contributed by atoms with van der Waals surface area (Å²) >= 11 is 0. The van der Waals surface area contributed by atoms with Gasteiger partial charge in [-0.15, -0.1) is 0 Å². The van der Waals surface area contributed by atoms with Crippen LogP contribution >= 0.6 is 0 Å². The summed E-state index contributed by atoms with van der Waals surface area (Å²) in [7, 11) is 1.60. The van der Waals surface area contributed by atoms with Crippen molar-refractivity contribution >= 4 is 11.6 Å². The SMILES string of the molecule is COC(C)C(=O)N(c1ccccc1)C1CCN(CCc2ccccc2)C[C@@H]1C. The van der Waals surface area contributed by atoms with Gasteiger partial charge in [-0.1, -0.05) is 55.5 Å². The molecule has 0 N–H and O–H groups in total. The van der Waals surface area contributed by atoms with E-state index in [1.807, 2.05) is 42.2 Å². The van der Waals surface area contributed by atoms with Gasteiger partial charge in [0.1, 0.15) is 6.10 Å². The first-order chi connectivity index (χ1) is 13.6. The van der Waals surface area contributed by atoms with Crippen molar-refractivity contribution in [1.82, 2.24) is 4.90 Å². The fourth-order valence-electron chi connectivity index (χ4n) is 4.11. The number of para-hydroxylation sites is 1. The molecule has 2 aromatic carbocycles. The van der Waals surface area contributed by atoms with E-state index in [4.69, 9.17) is 4.74 Å². The number of likely N-dealkylation sites (tertiary alicyclic amines) is 1. The number of carbonyl (C=O) groups excluding carboxylic acids is 1. The number of rotatable bonds is 7. The van der Waals surface area contributed by atoms with Crippen LogP contribution < -0.4 is 4.90 Å². The lowest BCUT2D eigenvalue weighted by Crippen LogP contribution is -2.54. The Morgan fingerprint density at radius 1 is 1.14 bits per heavy atom. The molecule has 1 fully saturated rings. The number of hydrogen-bond acceptors (Lipinski definition) is 3. The topological polar surface area (TPSA) is 32.8 Å². The highest BCUT2D eigenvalue weighted by Gasteiger charge is 2.35. The molecule has 150 valence electrons. The summed E-state index contributed by atoms with van der Waals surface area (Å²) in [5.74, 6) is 0.445. The molecule has 0 radical (unpaired) electrons. The number of methoxy groups -OCH3 is 1. The lowest BCUT2D eigenvalue weighted by atomic mass is 9.91. The maximum atomic E-state index is 13.1. The van der Waals surface area contributed by atoms with Gasteiger partial charge in [0.25, 0.3) is 5.91 Å². The van der Waals surface area contributed by atoms with Gasteiger partial charge in [-0.3, -0.25) is 4.79 Å². The Balaban J connectivity index is 1.68. The molecule has 2 aromatic rings. The van der Waals surface area contributed by atoms with E-state index in [0.29, 0.717) is 5.92 Å². The van der Waals surface area contributed by atoms with E-state index in [1.165, 1.54) is 5.56 Å². The molecule has 1 saturated heterocycles. The number of amides is 1. The van der Waals surface area contributed by atoms with Gasteiger partial charge in [-0.25, -0.2) is 0 Å². The van der Waals surface area contributed by atoms with E-state index < -0.39 is 6.10 Å². The molecule has 0 saturated carbocycles. The smallest absolute Gasteiger partial charge is 0.256 e. The van der Waals surface area contributed by atoms with Crippen molar-refractivity contribution in [2.45, 2.75) is 38.8 Å². The molecule has 0 spiro atoms. The van der Waals surface area contributed by atoms with Crippen molar-refractivity contribution in [3.8, 4) is 0 Å². The molecule has 1 amide bonds. The molecule has 0 aliphatic carbocycles. The molecule has 28 heavy (non-hydrogen) atoms. The number of ether oxygens (including phenoxy) is 1. The largest absolute Gasteiger partial charge is 0.372 e. The van der Waals surface area contributed by atoms with Gasteiger partial charge < -0.3 is 14.5 Å². The van der Waals surface area contributed by atoms with E-state index in [2.05, 4.69) is 42.2 Å². The second-order valence-electron chi connectivity index (χ2n) is 7.79. The van der Waals surface area contributed by atoms with Crippen molar-refractivity contribution in [1.29, 1.82) is 0 Å². The zero-order chi connectivity index (χ0) is 19.9. The first kappa shape index (κ1) is 20.6. The van der Waals surface area contributed by atoms with Crippen LogP contribution in [0.5, 0.6) is 0 Å². The number of piperidine rings is 1. The number of hydrogen-bond donors (Lipinski definition) is 0. The summed E-state index contributed by atoms with van der Waals surface area (Å²) in [5.41, 5.74) is 2.35. The molecule has 4 nitrogen and oxygen atoms in total. The highest BCUT2D eigenvalue weighted by molar-refractivity contribution is 5.97. The second-order valence-corrected chi connectivity index (χ2v) is 7.79. The Hall–Kier alpha value is -2.17. The van der Waals surface area contributed by atoms with Crippen LogP contribution in [0.4, 0.5) is 5.69 Å². The normalized spacial score (nSPS) is 21.2. The average Bonchev–Trinajstić information content (AvgIpc) is 2.74. The Morgan fingerprint density at radius 2 is 1.79 bits per heavy atom. The lowest BCUT2D eigenvalue weighted by Gasteiger charge is -2.43. The van der Waals surface area contributed by atoms with Crippen molar-refractivity contribution in [3.05, 3.63) is 66.2 Å². The van der Waals surface area contributed by atoms with Crippen LogP contribution in [0.1, 0.15) is 25.8 Å². The fourth-order valence-corrected chi connectivity index (χ4v) is 4.11. The fraction of sp³-hybridized carbons (Fsp3) is 0.458. The zero-order valence-corrected chi connectivity index (χ0v) is 17.3. The second kappa shape index (κ2) is 9.85. The molecule has 2 unspecified atom stereocenters. The third-order valence-electron chi connectivity index (χ3n) is 5.81. The van der Waals surface area contributed by atoms with Crippen LogP contribution in [-0.2, 0) is 16.0 Å². The Bertz CT molecular complexity index is 735. The van der Waals surface area contributed by atoms with Gasteiger partial charge in [-0.05, 0) is 43.4 Å². The van der Waals surface area contributed by atoms with Crippen LogP contribution in [0.2, 0.25) is 0 Å². The van der Waals surface area contributed by atoms with E-state index in [-0.39, 0.29) is 11.9 Å². The summed E-state index contributed by atoms with van der Waals surface area (Å²) in [4.78, 5) is 17.6. The number of nitrogens with zero attached hydrogens (tertiary/aromatic N) is 2. The lowest BCUT2D eigenvalue weighted by molar-refractivity contribution is -0.128. The Labute approximate surface area is 169 Å². The average molecular weight is 381 g/mol. The van der Waals surface area contributed by atoms with Crippen molar-refractivity contribution < 1.29 is 9.53 Å². The quantitative estimate of drug-likeness (QED) is 0.728. The Kier molecular flexibility index (Phi) is 7.24. The van der Waals surface area contributed by atoms with Crippen LogP contribution in [0.3, 0.4) is 0 Å². The number of carbonyl (C=O) groups is 1. The predicted octanol–water partition coefficient (Wildman–Crippen LogP) is 4.01. The molecule has 3 rings (SSSR count). The highest BCUT2D eigenvalue weighted by Crippen LogP contribution is 2.28. The maximum absolute atomic E-state index is 13.1. The third-order valence-corrected chi connectivity index (χ3v) is 5.81. The summed E-state index contributed by atoms with van der Waals surface area (Å²) in [6.07, 6.45) is 1.61. The first-order valence-corrected chi connectivity index (χ1v) is 10.3. The summed E-state index contributed by atoms with van der Waals surface area (Å²) in [6, 6.07) is 20.9. The van der Waals surface area contributed by atoms with Crippen LogP contribution in [0.25, 0.3) is 0 Å². The highest BCUT2D eigenvalue weighted by atomic mass is 16.5. The summed E-state index contributed by atoms with van der Waals surface area (Å²) in [6.45, 7) is 7.18. The molecular weight excluding hydrogens is 348 g/mol. The van der Waals surface area contributed by atoms with Gasteiger partial charge in [0.2, 0.25) is 0 Å². The van der Waals surface area contributed by atoms with Gasteiger partial charge in [0.15, 0.2) is 0 Å². The molecule has 3 atom stereocenters. The molecule has 0 bridgehead atoms. The van der Waals surface area contributed by atoms with E-state index >= 15 is 0 Å². The maximum Gasteiger partial charge on any atom is 0.256 e. The summed E-state index contributed by atoms with van der Waals surface area (Å²) in [5, 5.41) is 0. The molecule has 1 aliphatic heterocycles. The van der Waals surface area contributed by atoms with Crippen LogP contribution in [0.15, 0.2) is 60.7 Å². The van der Waals surface area contributed by atoms with E-state index in [9.17, 15) is 4.79 Å². The summed E-state index contributed by atoms with van der Waals surface area (Å²) < 4.78 is 5.35. The first-order valence-electron chi connectivity index (χ1n) is 10.3. The van der Waals surface area contributed by atoms with Crippen molar-refractivity contribution in [2.75, 3.05) is 31.6 Å². The number of anilines is 1. The third kappa shape index (κ3) is 5.00. The zero-order valence-electron chi connectivity index (χ0n) is 17.3. The minimum Gasteiger partial charge on any atom is -0.372 e. The van der Waals surface area contributed by atoms with Crippen molar-refractivity contribution in [3.63, 3.8) is 0 Å². The molecular formula is C24H32N2O2. The van der Waals surface area contributed by atoms with E-state index in [1.54, 1.807) is 7.11 Å². The van der Waals surface area contributed by atoms with Crippen LogP contribution in [-0.4, -0.2) is 49.7 Å².